The SMILES string of the molecule is Cc1ccc2c(c1)C[C@H](C)N(CC(F)(F)F)[C@H]2c1ccc(NC2CN(CCCF)C2)cc1. The van der Waals surface area contributed by atoms with Crippen LogP contribution in [0.1, 0.15) is 41.6 Å². The van der Waals surface area contributed by atoms with Crippen molar-refractivity contribution in [1.29, 1.82) is 0 Å². The van der Waals surface area contributed by atoms with Gasteiger partial charge >= 0.3 is 6.18 Å². The van der Waals surface area contributed by atoms with Gasteiger partial charge in [-0.05, 0) is 55.5 Å². The van der Waals surface area contributed by atoms with E-state index < -0.39 is 18.8 Å². The van der Waals surface area contributed by atoms with Crippen molar-refractivity contribution >= 4 is 5.69 Å². The van der Waals surface area contributed by atoms with Crippen LogP contribution >= 0.6 is 0 Å². The standard InChI is InChI=1S/C25H31F4N3/c1-17-4-9-23-20(12-17)13-18(2)32(16-25(27,28)29)24(23)19-5-7-21(8-6-19)30-22-14-31(15-22)11-3-10-26/h4-9,12,18,22,24,30H,3,10-11,13-16H2,1-2H3/t18-,24-/m0/s1. The predicted octanol–water partition coefficient (Wildman–Crippen LogP) is 5.35. The molecule has 32 heavy (non-hydrogen) atoms. The summed E-state index contributed by atoms with van der Waals surface area (Å²) in [6.07, 6.45) is -3.07. The second-order valence-electron chi connectivity index (χ2n) is 9.21. The summed E-state index contributed by atoms with van der Waals surface area (Å²) in [6, 6.07) is 13.5. The Bertz CT molecular complexity index is 906. The van der Waals surface area contributed by atoms with E-state index in [1.807, 2.05) is 50.2 Å². The van der Waals surface area contributed by atoms with Crippen molar-refractivity contribution < 1.29 is 17.6 Å². The number of alkyl halides is 4. The number of hydrogen-bond donors (Lipinski definition) is 1. The number of rotatable bonds is 7. The largest absolute Gasteiger partial charge is 0.401 e. The maximum Gasteiger partial charge on any atom is 0.401 e. The summed E-state index contributed by atoms with van der Waals surface area (Å²) < 4.78 is 52.6. The molecule has 1 N–H and O–H groups in total. The zero-order valence-electron chi connectivity index (χ0n) is 18.6. The fourth-order valence-electron chi connectivity index (χ4n) is 5.00. The minimum absolute atomic E-state index is 0.209. The van der Waals surface area contributed by atoms with Gasteiger partial charge in [-0.25, -0.2) is 0 Å². The average molecular weight is 450 g/mol. The fourth-order valence-corrected chi connectivity index (χ4v) is 5.00. The van der Waals surface area contributed by atoms with Crippen molar-refractivity contribution in [1.82, 2.24) is 9.80 Å². The van der Waals surface area contributed by atoms with E-state index in [9.17, 15) is 17.6 Å². The summed E-state index contributed by atoms with van der Waals surface area (Å²) >= 11 is 0. The monoisotopic (exact) mass is 449 g/mol. The number of likely N-dealkylation sites (tertiary alicyclic amines) is 1. The van der Waals surface area contributed by atoms with E-state index in [-0.39, 0.29) is 12.7 Å². The van der Waals surface area contributed by atoms with Crippen LogP contribution in [0.3, 0.4) is 0 Å². The van der Waals surface area contributed by atoms with Crippen molar-refractivity contribution in [2.75, 3.05) is 38.2 Å². The Morgan fingerprint density at radius 2 is 1.78 bits per heavy atom. The average Bonchev–Trinajstić information content (AvgIpc) is 2.70. The normalized spacial score (nSPS) is 22.4. The first kappa shape index (κ1) is 23.1. The van der Waals surface area contributed by atoms with Crippen molar-refractivity contribution in [3.05, 3.63) is 64.7 Å². The van der Waals surface area contributed by atoms with Gasteiger partial charge in [0, 0.05) is 31.4 Å². The highest BCUT2D eigenvalue weighted by atomic mass is 19.4. The lowest BCUT2D eigenvalue weighted by atomic mass is 9.84. The smallest absolute Gasteiger partial charge is 0.380 e. The molecule has 0 saturated carbocycles. The zero-order valence-corrected chi connectivity index (χ0v) is 18.6. The van der Waals surface area contributed by atoms with E-state index in [0.717, 1.165) is 47.6 Å². The Hall–Kier alpha value is -2.12. The van der Waals surface area contributed by atoms with E-state index in [0.29, 0.717) is 18.9 Å². The highest BCUT2D eigenvalue weighted by molar-refractivity contribution is 5.49. The molecule has 2 heterocycles. The zero-order chi connectivity index (χ0) is 22.9. The molecule has 4 rings (SSSR count). The Morgan fingerprint density at radius 3 is 2.44 bits per heavy atom. The van der Waals surface area contributed by atoms with Gasteiger partial charge in [0.05, 0.1) is 25.3 Å². The molecule has 7 heteroatoms. The Kier molecular flexibility index (Phi) is 6.77. The molecule has 0 spiro atoms. The van der Waals surface area contributed by atoms with Crippen molar-refractivity contribution in [3.63, 3.8) is 0 Å². The van der Waals surface area contributed by atoms with Crippen molar-refractivity contribution in [3.8, 4) is 0 Å². The van der Waals surface area contributed by atoms with Gasteiger partial charge in [-0.1, -0.05) is 35.9 Å². The number of aryl methyl sites for hydroxylation is 1. The minimum atomic E-state index is -4.26. The highest BCUT2D eigenvalue weighted by Gasteiger charge is 2.40. The number of benzene rings is 2. The minimum Gasteiger partial charge on any atom is -0.380 e. The van der Waals surface area contributed by atoms with Crippen LogP contribution in [-0.2, 0) is 6.42 Å². The first-order chi connectivity index (χ1) is 15.2. The second-order valence-corrected chi connectivity index (χ2v) is 9.21. The van der Waals surface area contributed by atoms with Gasteiger partial charge in [0.1, 0.15) is 0 Å². The maximum atomic E-state index is 13.4. The molecule has 174 valence electrons. The van der Waals surface area contributed by atoms with Crippen LogP contribution in [0.25, 0.3) is 0 Å². The van der Waals surface area contributed by atoms with E-state index in [4.69, 9.17) is 0 Å². The third-order valence-corrected chi connectivity index (χ3v) is 6.53. The molecule has 2 aliphatic heterocycles. The second kappa shape index (κ2) is 9.40. The fraction of sp³-hybridized carbons (Fsp3) is 0.520. The lowest BCUT2D eigenvalue weighted by Crippen LogP contribution is -2.54. The molecule has 2 aromatic rings. The topological polar surface area (TPSA) is 18.5 Å². The molecule has 3 nitrogen and oxygen atoms in total. The van der Waals surface area contributed by atoms with Crippen LogP contribution in [0, 0.1) is 6.92 Å². The van der Waals surface area contributed by atoms with Gasteiger partial charge in [0.2, 0.25) is 0 Å². The Morgan fingerprint density at radius 1 is 1.06 bits per heavy atom. The molecule has 0 radical (unpaired) electrons. The summed E-state index contributed by atoms with van der Waals surface area (Å²) in [4.78, 5) is 3.79. The summed E-state index contributed by atoms with van der Waals surface area (Å²) in [7, 11) is 0. The molecule has 2 aliphatic rings. The number of nitrogens with one attached hydrogen (secondary N) is 1. The van der Waals surface area contributed by atoms with E-state index in [1.165, 1.54) is 0 Å². The van der Waals surface area contributed by atoms with Gasteiger partial charge in [-0.15, -0.1) is 0 Å². The first-order valence-corrected chi connectivity index (χ1v) is 11.3. The van der Waals surface area contributed by atoms with Gasteiger partial charge in [0.15, 0.2) is 0 Å². The van der Waals surface area contributed by atoms with E-state index in [2.05, 4.69) is 16.3 Å². The Balaban J connectivity index is 1.53. The molecule has 1 saturated heterocycles. The number of hydrogen-bond acceptors (Lipinski definition) is 3. The maximum absolute atomic E-state index is 13.4. The van der Waals surface area contributed by atoms with Crippen LogP contribution in [0.5, 0.6) is 0 Å². The van der Waals surface area contributed by atoms with Crippen LogP contribution in [-0.4, -0.2) is 60.9 Å². The van der Waals surface area contributed by atoms with Gasteiger partial charge < -0.3 is 5.32 Å². The molecule has 0 aliphatic carbocycles. The molecule has 1 fully saturated rings. The number of halogens is 4. The summed E-state index contributed by atoms with van der Waals surface area (Å²) in [6.45, 7) is 5.23. The molecular formula is C25H31F4N3. The van der Waals surface area contributed by atoms with Crippen LogP contribution in [0.15, 0.2) is 42.5 Å². The van der Waals surface area contributed by atoms with Crippen molar-refractivity contribution in [2.45, 2.75) is 51.0 Å². The number of anilines is 1. The molecule has 2 aromatic carbocycles. The van der Waals surface area contributed by atoms with Gasteiger partial charge in [-0.3, -0.25) is 14.2 Å². The van der Waals surface area contributed by atoms with Crippen LogP contribution in [0.4, 0.5) is 23.2 Å². The predicted molar refractivity (Wildman–Crippen MR) is 120 cm³/mol. The van der Waals surface area contributed by atoms with Gasteiger partial charge in [0.25, 0.3) is 0 Å². The lowest BCUT2D eigenvalue weighted by Gasteiger charge is -2.43. The van der Waals surface area contributed by atoms with Crippen LogP contribution in [0.2, 0.25) is 0 Å². The molecule has 0 unspecified atom stereocenters. The molecular weight excluding hydrogens is 418 g/mol. The number of fused-ring (bicyclic) bond motifs is 1. The third kappa shape index (κ3) is 5.26. The molecule has 0 bridgehead atoms. The third-order valence-electron chi connectivity index (χ3n) is 6.53. The molecule has 0 amide bonds. The summed E-state index contributed by atoms with van der Waals surface area (Å²) in [5.74, 6) is 0. The summed E-state index contributed by atoms with van der Waals surface area (Å²) in [5.41, 5.74) is 5.04. The quantitative estimate of drug-likeness (QED) is 0.575. The number of nitrogens with zero attached hydrogens (tertiary/aromatic N) is 2. The van der Waals surface area contributed by atoms with E-state index in [1.54, 1.807) is 4.90 Å². The first-order valence-electron chi connectivity index (χ1n) is 11.3. The van der Waals surface area contributed by atoms with E-state index >= 15 is 0 Å². The molecule has 2 atom stereocenters. The summed E-state index contributed by atoms with van der Waals surface area (Å²) in [5, 5.41) is 3.47. The molecule has 0 aromatic heterocycles. The van der Waals surface area contributed by atoms with Gasteiger partial charge in [-0.2, -0.15) is 13.2 Å². The lowest BCUT2D eigenvalue weighted by molar-refractivity contribution is -0.155. The van der Waals surface area contributed by atoms with Crippen LogP contribution < -0.4 is 5.32 Å². The van der Waals surface area contributed by atoms with Crippen molar-refractivity contribution in [2.24, 2.45) is 0 Å². The Labute approximate surface area is 187 Å². The highest BCUT2D eigenvalue weighted by Crippen LogP contribution is 2.40.